The van der Waals surface area contributed by atoms with E-state index in [0.29, 0.717) is 0 Å². The van der Waals surface area contributed by atoms with Gasteiger partial charge < -0.3 is 9.90 Å². The Kier molecular flexibility index (Phi) is 3.48. The van der Waals surface area contributed by atoms with Crippen LogP contribution in [0.2, 0.25) is 0 Å². The van der Waals surface area contributed by atoms with Gasteiger partial charge in [0.1, 0.15) is 6.29 Å². The molecule has 0 aromatic rings. The molecule has 0 aromatic carbocycles. The maximum atomic E-state index is 10.6. The monoisotopic (exact) mass is 168 g/mol. The molecule has 2 heteroatoms. The highest BCUT2D eigenvalue weighted by atomic mass is 16.3. The Labute approximate surface area is 73.3 Å². The van der Waals surface area contributed by atoms with Crippen LogP contribution in [0.3, 0.4) is 0 Å². The van der Waals surface area contributed by atoms with Gasteiger partial charge in [-0.2, -0.15) is 0 Å². The van der Waals surface area contributed by atoms with E-state index in [1.807, 2.05) is 0 Å². The van der Waals surface area contributed by atoms with Crippen LogP contribution in [0.4, 0.5) is 0 Å². The van der Waals surface area contributed by atoms with Gasteiger partial charge in [-0.25, -0.2) is 0 Å². The van der Waals surface area contributed by atoms with Crippen molar-refractivity contribution in [3.8, 4) is 0 Å². The lowest BCUT2D eigenvalue weighted by Crippen LogP contribution is -2.14. The summed E-state index contributed by atoms with van der Waals surface area (Å²) in [5.41, 5.74) is 2.49. The highest BCUT2D eigenvalue weighted by Crippen LogP contribution is 2.28. The van der Waals surface area contributed by atoms with Crippen LogP contribution < -0.4 is 0 Å². The van der Waals surface area contributed by atoms with E-state index in [1.54, 1.807) is 0 Å². The van der Waals surface area contributed by atoms with Gasteiger partial charge in [-0.15, -0.1) is 0 Å². The number of carbonyl (C=O) groups is 1. The summed E-state index contributed by atoms with van der Waals surface area (Å²) in [7, 11) is 0. The molecule has 1 N–H and O–H groups in total. The first-order chi connectivity index (χ1) is 5.79. The van der Waals surface area contributed by atoms with E-state index in [0.717, 1.165) is 25.5 Å². The van der Waals surface area contributed by atoms with Gasteiger partial charge in [0, 0.05) is 0 Å². The van der Waals surface area contributed by atoms with Crippen molar-refractivity contribution in [3.05, 3.63) is 11.1 Å². The molecule has 0 aliphatic heterocycles. The van der Waals surface area contributed by atoms with E-state index in [2.05, 4.69) is 6.92 Å². The predicted molar refractivity (Wildman–Crippen MR) is 47.8 cm³/mol. The van der Waals surface area contributed by atoms with E-state index in [1.165, 1.54) is 17.6 Å². The van der Waals surface area contributed by atoms with Crippen molar-refractivity contribution in [2.45, 2.75) is 32.6 Å². The van der Waals surface area contributed by atoms with Crippen LogP contribution in [0.15, 0.2) is 11.1 Å². The second kappa shape index (κ2) is 4.41. The summed E-state index contributed by atoms with van der Waals surface area (Å²) in [5, 5.41) is 8.93. The summed E-state index contributed by atoms with van der Waals surface area (Å²) in [5.74, 6) is -0.231. The number of rotatable bonds is 3. The molecule has 1 rings (SSSR count). The van der Waals surface area contributed by atoms with Crippen LogP contribution in [-0.4, -0.2) is 18.0 Å². The zero-order valence-electron chi connectivity index (χ0n) is 7.55. The predicted octanol–water partition coefficient (Wildman–Crippen LogP) is 1.68. The molecule has 0 bridgehead atoms. The number of hydrogen-bond donors (Lipinski definition) is 1. The van der Waals surface area contributed by atoms with Gasteiger partial charge in [-0.1, -0.05) is 11.1 Å². The number of hydrogen-bond acceptors (Lipinski definition) is 2. The van der Waals surface area contributed by atoms with Crippen LogP contribution in [0.1, 0.15) is 32.6 Å². The molecule has 0 saturated heterocycles. The summed E-state index contributed by atoms with van der Waals surface area (Å²) < 4.78 is 0. The van der Waals surface area contributed by atoms with Crippen LogP contribution >= 0.6 is 0 Å². The van der Waals surface area contributed by atoms with Crippen molar-refractivity contribution < 1.29 is 9.90 Å². The van der Waals surface area contributed by atoms with Gasteiger partial charge in [0.2, 0.25) is 0 Å². The second-order valence-electron chi connectivity index (χ2n) is 3.44. The Morgan fingerprint density at radius 2 is 2.17 bits per heavy atom. The number of aldehydes is 1. The Bertz CT molecular complexity index is 194. The average molecular weight is 168 g/mol. The molecule has 12 heavy (non-hydrogen) atoms. The molecule has 68 valence electrons. The van der Waals surface area contributed by atoms with Crippen molar-refractivity contribution in [1.82, 2.24) is 0 Å². The van der Waals surface area contributed by atoms with Crippen LogP contribution in [-0.2, 0) is 4.79 Å². The van der Waals surface area contributed by atoms with Gasteiger partial charge in [0.25, 0.3) is 0 Å². The second-order valence-corrected chi connectivity index (χ2v) is 3.44. The smallest absolute Gasteiger partial charge is 0.129 e. The van der Waals surface area contributed by atoms with Crippen LogP contribution in [0, 0.1) is 5.92 Å². The fourth-order valence-corrected chi connectivity index (χ4v) is 1.82. The molecule has 0 fully saturated rings. The third kappa shape index (κ3) is 1.95. The first kappa shape index (κ1) is 9.46. The van der Waals surface area contributed by atoms with Gasteiger partial charge in [0.15, 0.2) is 0 Å². The van der Waals surface area contributed by atoms with Crippen molar-refractivity contribution in [1.29, 1.82) is 0 Å². The van der Waals surface area contributed by atoms with E-state index < -0.39 is 0 Å². The third-order valence-electron chi connectivity index (χ3n) is 2.60. The topological polar surface area (TPSA) is 37.3 Å². The van der Waals surface area contributed by atoms with Gasteiger partial charge in [-0.3, -0.25) is 0 Å². The minimum Gasteiger partial charge on any atom is -0.395 e. The molecule has 0 radical (unpaired) electrons. The quantitative estimate of drug-likeness (QED) is 0.514. The summed E-state index contributed by atoms with van der Waals surface area (Å²) >= 11 is 0. The van der Waals surface area contributed by atoms with E-state index in [9.17, 15) is 4.79 Å². The fraction of sp³-hybridized carbons (Fsp3) is 0.700. The molecule has 0 spiro atoms. The summed E-state index contributed by atoms with van der Waals surface area (Å²) in [6.45, 7) is 2.04. The van der Waals surface area contributed by atoms with Crippen molar-refractivity contribution in [2.75, 3.05) is 6.61 Å². The van der Waals surface area contributed by atoms with Crippen molar-refractivity contribution >= 4 is 6.29 Å². The summed E-state index contributed by atoms with van der Waals surface area (Å²) in [6.07, 6.45) is 5.35. The van der Waals surface area contributed by atoms with E-state index in [4.69, 9.17) is 5.11 Å². The Morgan fingerprint density at radius 3 is 2.67 bits per heavy atom. The Hall–Kier alpha value is -0.630. The molecule has 1 aliphatic rings. The SMILES string of the molecule is CC1=C(C(C=O)CO)CCCC1. The third-order valence-corrected chi connectivity index (χ3v) is 2.60. The molecule has 2 nitrogen and oxygen atoms in total. The normalized spacial score (nSPS) is 20.8. The summed E-state index contributed by atoms with van der Waals surface area (Å²) in [6, 6.07) is 0. The van der Waals surface area contributed by atoms with Crippen molar-refractivity contribution in [2.24, 2.45) is 5.92 Å². The highest BCUT2D eigenvalue weighted by Gasteiger charge is 2.17. The minimum atomic E-state index is -0.231. The Morgan fingerprint density at radius 1 is 1.50 bits per heavy atom. The number of aliphatic hydroxyl groups excluding tert-OH is 1. The number of carbonyl (C=O) groups excluding carboxylic acids is 1. The largest absolute Gasteiger partial charge is 0.395 e. The van der Waals surface area contributed by atoms with Crippen LogP contribution in [0.5, 0.6) is 0 Å². The van der Waals surface area contributed by atoms with E-state index in [-0.39, 0.29) is 12.5 Å². The lowest BCUT2D eigenvalue weighted by molar-refractivity contribution is -0.111. The minimum absolute atomic E-state index is 0.0316. The zero-order valence-corrected chi connectivity index (χ0v) is 7.55. The zero-order chi connectivity index (χ0) is 8.97. The fourth-order valence-electron chi connectivity index (χ4n) is 1.82. The molecular weight excluding hydrogens is 152 g/mol. The first-order valence-electron chi connectivity index (χ1n) is 4.54. The first-order valence-corrected chi connectivity index (χ1v) is 4.54. The van der Waals surface area contributed by atoms with Gasteiger partial charge in [0.05, 0.1) is 12.5 Å². The summed E-state index contributed by atoms with van der Waals surface area (Å²) in [4.78, 5) is 10.6. The molecule has 1 unspecified atom stereocenters. The van der Waals surface area contributed by atoms with Gasteiger partial charge in [-0.05, 0) is 32.6 Å². The van der Waals surface area contributed by atoms with Gasteiger partial charge >= 0.3 is 0 Å². The molecule has 0 heterocycles. The standard InChI is InChI=1S/C10H16O2/c1-8-4-2-3-5-10(8)9(6-11)7-12/h6,9,12H,2-5,7H2,1H3. The maximum absolute atomic E-state index is 10.6. The van der Waals surface area contributed by atoms with Crippen LogP contribution in [0.25, 0.3) is 0 Å². The number of aliphatic hydroxyl groups is 1. The molecule has 0 saturated carbocycles. The molecular formula is C10H16O2. The maximum Gasteiger partial charge on any atom is 0.129 e. The number of allylic oxidation sites excluding steroid dienone is 1. The lowest BCUT2D eigenvalue weighted by Gasteiger charge is -2.20. The molecule has 1 aliphatic carbocycles. The Balaban J connectivity index is 2.75. The molecule has 0 aromatic heterocycles. The lowest BCUT2D eigenvalue weighted by atomic mass is 9.85. The molecule has 1 atom stereocenters. The van der Waals surface area contributed by atoms with Crippen molar-refractivity contribution in [3.63, 3.8) is 0 Å². The highest BCUT2D eigenvalue weighted by molar-refractivity contribution is 5.59. The van der Waals surface area contributed by atoms with E-state index >= 15 is 0 Å². The average Bonchev–Trinajstić information content (AvgIpc) is 2.10. The molecule has 0 amide bonds.